The number of hydrogen-bond acceptors (Lipinski definition) is 4. The van der Waals surface area contributed by atoms with Crippen molar-refractivity contribution in [3.8, 4) is 0 Å². The molecule has 0 aromatic carbocycles. The van der Waals surface area contributed by atoms with E-state index in [9.17, 15) is 9.59 Å². The Morgan fingerprint density at radius 2 is 2.00 bits per heavy atom. The van der Waals surface area contributed by atoms with E-state index in [-0.39, 0.29) is 11.9 Å². The van der Waals surface area contributed by atoms with Gasteiger partial charge in [0.15, 0.2) is 0 Å². The Morgan fingerprint density at radius 1 is 1.12 bits per heavy atom. The summed E-state index contributed by atoms with van der Waals surface area (Å²) in [7, 11) is 0. The maximum Gasteiger partial charge on any atom is 0.309 e. The van der Waals surface area contributed by atoms with Crippen molar-refractivity contribution in [3.63, 3.8) is 0 Å². The highest BCUT2D eigenvalue weighted by molar-refractivity contribution is 5.76. The van der Waals surface area contributed by atoms with Gasteiger partial charge in [-0.3, -0.25) is 9.59 Å². The van der Waals surface area contributed by atoms with Crippen LogP contribution in [-0.4, -0.2) is 24.6 Å². The van der Waals surface area contributed by atoms with Crippen LogP contribution in [0.5, 0.6) is 0 Å². The van der Waals surface area contributed by atoms with Crippen molar-refractivity contribution in [2.24, 2.45) is 17.8 Å². The van der Waals surface area contributed by atoms with Crippen LogP contribution in [0.4, 0.5) is 0 Å². The lowest BCUT2D eigenvalue weighted by Crippen LogP contribution is -2.15. The van der Waals surface area contributed by atoms with Gasteiger partial charge in [0.05, 0.1) is 12.5 Å². The highest BCUT2D eigenvalue weighted by Crippen LogP contribution is 2.54. The smallest absolute Gasteiger partial charge is 0.309 e. The molecule has 4 rings (SSSR count). The topological polar surface area (TPSA) is 52.6 Å². The Morgan fingerprint density at radius 3 is 2.44 bits per heavy atom. The average molecular weight is 224 g/mol. The van der Waals surface area contributed by atoms with Crippen molar-refractivity contribution in [1.82, 2.24) is 0 Å². The largest absolute Gasteiger partial charge is 0.466 e. The fraction of sp³-hybridized carbons (Fsp3) is 0.833. The van der Waals surface area contributed by atoms with E-state index in [1.165, 1.54) is 6.42 Å². The van der Waals surface area contributed by atoms with Gasteiger partial charge in [-0.05, 0) is 31.6 Å². The molecule has 4 heteroatoms. The molecule has 88 valence electrons. The lowest BCUT2D eigenvalue weighted by molar-refractivity contribution is -0.143. The molecule has 16 heavy (non-hydrogen) atoms. The second-order valence-corrected chi connectivity index (χ2v) is 5.14. The Kier molecular flexibility index (Phi) is 2.37. The summed E-state index contributed by atoms with van der Waals surface area (Å²) < 4.78 is 9.71. The molecule has 0 aromatic rings. The maximum atomic E-state index is 11.1. The third-order valence-corrected chi connectivity index (χ3v) is 4.11. The van der Waals surface area contributed by atoms with E-state index in [4.69, 9.17) is 4.74 Å². The first-order chi connectivity index (χ1) is 7.74. The minimum atomic E-state index is -0.0463. The zero-order chi connectivity index (χ0) is 11.1. The Hall–Kier alpha value is -1.06. The molecule has 4 aliphatic rings. The molecular formula is C12H16O4. The molecule has 0 spiro atoms. The summed E-state index contributed by atoms with van der Waals surface area (Å²) >= 11 is 0. The van der Waals surface area contributed by atoms with Gasteiger partial charge in [0.1, 0.15) is 6.10 Å². The summed E-state index contributed by atoms with van der Waals surface area (Å²) in [6.45, 7) is 0.638. The predicted molar refractivity (Wildman–Crippen MR) is 54.4 cm³/mol. The van der Waals surface area contributed by atoms with Crippen LogP contribution in [-0.2, 0) is 19.1 Å². The lowest BCUT2D eigenvalue weighted by Gasteiger charge is -2.11. The van der Waals surface area contributed by atoms with Gasteiger partial charge < -0.3 is 9.47 Å². The molecule has 4 nitrogen and oxygen atoms in total. The predicted octanol–water partition coefficient (Wildman–Crippen LogP) is 1.28. The van der Waals surface area contributed by atoms with E-state index in [2.05, 4.69) is 4.74 Å². The van der Waals surface area contributed by atoms with E-state index in [0.717, 1.165) is 25.2 Å². The zero-order valence-electron chi connectivity index (χ0n) is 9.19. The van der Waals surface area contributed by atoms with Crippen molar-refractivity contribution in [3.05, 3.63) is 0 Å². The van der Waals surface area contributed by atoms with E-state index in [1.807, 2.05) is 0 Å². The first kappa shape index (κ1) is 10.1. The minimum absolute atomic E-state index is 0.0463. The average Bonchev–Trinajstić information content (AvgIpc) is 2.94. The van der Waals surface area contributed by atoms with E-state index < -0.39 is 0 Å². The van der Waals surface area contributed by atoms with Crippen LogP contribution in [0.2, 0.25) is 0 Å². The molecule has 2 aliphatic carbocycles. The van der Waals surface area contributed by atoms with Crippen molar-refractivity contribution >= 4 is 11.9 Å². The van der Waals surface area contributed by atoms with Gasteiger partial charge in [0, 0.05) is 12.3 Å². The number of esters is 2. The number of hydrogen-bond donors (Lipinski definition) is 0. The molecule has 2 saturated carbocycles. The molecule has 0 aromatic heterocycles. The minimum Gasteiger partial charge on any atom is -0.466 e. The first-order valence-electron chi connectivity index (χ1n) is 6.10. The van der Waals surface area contributed by atoms with E-state index in [1.54, 1.807) is 0 Å². The summed E-state index contributed by atoms with van der Waals surface area (Å²) in [6, 6.07) is 0. The van der Waals surface area contributed by atoms with Crippen LogP contribution in [0.15, 0.2) is 0 Å². The van der Waals surface area contributed by atoms with Crippen LogP contribution in [0.25, 0.3) is 0 Å². The molecule has 2 heterocycles. The second-order valence-electron chi connectivity index (χ2n) is 5.14. The molecule has 4 atom stereocenters. The number of rotatable bonds is 0. The van der Waals surface area contributed by atoms with Crippen molar-refractivity contribution in [2.75, 3.05) is 6.61 Å². The normalized spacial score (nSPS) is 42.8. The third kappa shape index (κ3) is 1.60. The summed E-state index contributed by atoms with van der Waals surface area (Å²) in [5.74, 6) is 1.80. The summed E-state index contributed by atoms with van der Waals surface area (Å²) in [4.78, 5) is 21.1. The number of carbonyl (C=O) groups is 2. The van der Waals surface area contributed by atoms with Gasteiger partial charge in [-0.25, -0.2) is 0 Å². The summed E-state index contributed by atoms with van der Waals surface area (Å²) in [5.41, 5.74) is 0. The van der Waals surface area contributed by atoms with Crippen LogP contribution < -0.4 is 0 Å². The van der Waals surface area contributed by atoms with Gasteiger partial charge in [0.2, 0.25) is 0 Å². The Balaban J connectivity index is 0.000000117. The maximum absolute atomic E-state index is 11.1. The Labute approximate surface area is 94.3 Å². The van der Waals surface area contributed by atoms with Crippen LogP contribution in [0.1, 0.15) is 32.1 Å². The third-order valence-electron chi connectivity index (χ3n) is 4.11. The van der Waals surface area contributed by atoms with Crippen molar-refractivity contribution < 1.29 is 19.1 Å². The second kappa shape index (κ2) is 3.75. The van der Waals surface area contributed by atoms with Gasteiger partial charge in [-0.15, -0.1) is 0 Å². The summed E-state index contributed by atoms with van der Waals surface area (Å²) in [5, 5.41) is 0. The van der Waals surface area contributed by atoms with Gasteiger partial charge in [-0.2, -0.15) is 0 Å². The van der Waals surface area contributed by atoms with Crippen LogP contribution in [0, 0.1) is 17.8 Å². The quantitative estimate of drug-likeness (QED) is 0.582. The fourth-order valence-corrected chi connectivity index (χ4v) is 3.40. The highest BCUT2D eigenvalue weighted by Gasteiger charge is 2.56. The highest BCUT2D eigenvalue weighted by atomic mass is 16.6. The standard InChI is InChI=1S/C8H10O2.C4H6O2/c9-8-6-2-4-1-5(6)7(3-4)10-8;5-4-2-1-3-6-4/h4-7H,1-3H2;1-3H2. The molecule has 2 aliphatic heterocycles. The molecule has 4 unspecified atom stereocenters. The zero-order valence-corrected chi connectivity index (χ0v) is 9.19. The molecule has 0 N–H and O–H groups in total. The van der Waals surface area contributed by atoms with E-state index >= 15 is 0 Å². The van der Waals surface area contributed by atoms with Crippen LogP contribution >= 0.6 is 0 Å². The van der Waals surface area contributed by atoms with Gasteiger partial charge in [-0.1, -0.05) is 0 Å². The fourth-order valence-electron chi connectivity index (χ4n) is 3.40. The van der Waals surface area contributed by atoms with E-state index in [0.29, 0.717) is 31.0 Å². The van der Waals surface area contributed by atoms with Crippen LogP contribution in [0.3, 0.4) is 0 Å². The lowest BCUT2D eigenvalue weighted by atomic mass is 9.90. The monoisotopic (exact) mass is 224 g/mol. The molecule has 2 saturated heterocycles. The molecular weight excluding hydrogens is 208 g/mol. The summed E-state index contributed by atoms with van der Waals surface area (Å²) in [6.07, 6.45) is 5.42. The molecule has 2 bridgehead atoms. The number of cyclic esters (lactones) is 1. The van der Waals surface area contributed by atoms with Crippen molar-refractivity contribution in [1.29, 1.82) is 0 Å². The number of fused-ring (bicyclic) bond motifs is 1. The van der Waals surface area contributed by atoms with Gasteiger partial charge in [0.25, 0.3) is 0 Å². The molecule has 0 amide bonds. The number of ether oxygens (including phenoxy) is 2. The SMILES string of the molecule is O=C1CCCO1.O=C1OC2CC3CC1C2C3. The number of carbonyl (C=O) groups excluding carboxylic acids is 2. The Bertz CT molecular complexity index is 315. The molecule has 0 radical (unpaired) electrons. The van der Waals surface area contributed by atoms with Crippen molar-refractivity contribution in [2.45, 2.75) is 38.2 Å². The molecule has 4 fully saturated rings. The van der Waals surface area contributed by atoms with Gasteiger partial charge >= 0.3 is 11.9 Å². The first-order valence-corrected chi connectivity index (χ1v) is 6.10.